The summed E-state index contributed by atoms with van der Waals surface area (Å²) in [6.45, 7) is 0. The number of fused-ring (bicyclic) bond motifs is 3. The van der Waals surface area contributed by atoms with Gasteiger partial charge in [0.2, 0.25) is 16.9 Å². The summed E-state index contributed by atoms with van der Waals surface area (Å²) in [5.41, 5.74) is 1.49. The molecule has 1 heterocycles. The molecule has 4 saturated carbocycles. The molecule has 4 fully saturated rings. The average molecular weight is 420 g/mol. The first-order valence-corrected chi connectivity index (χ1v) is 10.8. The summed E-state index contributed by atoms with van der Waals surface area (Å²) >= 11 is 0. The Kier molecular flexibility index (Phi) is 3.86. The minimum Gasteiger partial charge on any atom is -0.502 e. The molecule has 3 unspecified atom stereocenters. The van der Waals surface area contributed by atoms with Crippen LogP contribution in [-0.4, -0.2) is 24.4 Å². The van der Waals surface area contributed by atoms with E-state index >= 15 is 0 Å². The lowest BCUT2D eigenvalue weighted by Gasteiger charge is -2.29. The molecular weight excluding hydrogens is 396 g/mol. The van der Waals surface area contributed by atoms with Crippen molar-refractivity contribution >= 4 is 11.0 Å². The SMILES string of the molecule is COc1cc(-c2oc3cc(CC4CCC5C6C4C56)ccc3c(=O)c2O)cc(OC)c1O. The van der Waals surface area contributed by atoms with Gasteiger partial charge in [-0.25, -0.2) is 0 Å². The van der Waals surface area contributed by atoms with E-state index in [4.69, 9.17) is 13.9 Å². The zero-order valence-corrected chi connectivity index (χ0v) is 17.4. The standard InChI is InChI=1S/C25H24O6/c1-29-17-9-13(10-18(30-2)23(17)27)25-24(28)22(26)14-5-3-11(8-16(14)31-25)7-12-4-6-15-20-19(12)21(15)20/h3,5,8-10,12,15,19-21,27-28H,4,6-7H2,1-2H3. The van der Waals surface area contributed by atoms with Crippen LogP contribution in [0.2, 0.25) is 0 Å². The molecule has 7 rings (SSSR count). The van der Waals surface area contributed by atoms with Crippen LogP contribution in [0.1, 0.15) is 18.4 Å². The number of rotatable bonds is 5. The number of phenolic OH excluding ortho intramolecular Hbond substituents is 1. The van der Waals surface area contributed by atoms with Crippen molar-refractivity contribution < 1.29 is 24.1 Å². The van der Waals surface area contributed by atoms with Crippen molar-refractivity contribution in [3.05, 3.63) is 46.1 Å². The van der Waals surface area contributed by atoms with E-state index in [1.54, 1.807) is 6.07 Å². The maximum atomic E-state index is 12.8. The van der Waals surface area contributed by atoms with Gasteiger partial charge < -0.3 is 24.1 Å². The van der Waals surface area contributed by atoms with E-state index in [9.17, 15) is 15.0 Å². The molecule has 4 aliphatic rings. The fraction of sp³-hybridized carbons (Fsp3) is 0.400. The predicted octanol–water partition coefficient (Wildman–Crippen LogP) is 4.33. The van der Waals surface area contributed by atoms with Gasteiger partial charge in [0.05, 0.1) is 19.6 Å². The summed E-state index contributed by atoms with van der Waals surface area (Å²) in [6, 6.07) is 8.66. The quantitative estimate of drug-likeness (QED) is 0.639. The van der Waals surface area contributed by atoms with E-state index in [1.807, 2.05) is 12.1 Å². The summed E-state index contributed by atoms with van der Waals surface area (Å²) in [5, 5.41) is 21.1. The van der Waals surface area contributed by atoms with Crippen molar-refractivity contribution in [2.45, 2.75) is 19.3 Å². The van der Waals surface area contributed by atoms with Crippen molar-refractivity contribution in [2.24, 2.45) is 29.6 Å². The van der Waals surface area contributed by atoms with Gasteiger partial charge in [-0.2, -0.15) is 0 Å². The molecular formula is C25H24O6. The molecule has 6 heteroatoms. The minimum absolute atomic E-state index is 0.0233. The maximum absolute atomic E-state index is 12.8. The van der Waals surface area contributed by atoms with Gasteiger partial charge in [-0.05, 0) is 78.7 Å². The van der Waals surface area contributed by atoms with Crippen LogP contribution in [0.4, 0.5) is 0 Å². The molecule has 3 aromatic rings. The second-order valence-corrected chi connectivity index (χ2v) is 9.11. The smallest absolute Gasteiger partial charge is 0.235 e. The number of hydrogen-bond acceptors (Lipinski definition) is 6. The van der Waals surface area contributed by atoms with E-state index in [-0.39, 0.29) is 23.0 Å². The number of ether oxygens (including phenoxy) is 2. The van der Waals surface area contributed by atoms with Crippen molar-refractivity contribution in [1.29, 1.82) is 0 Å². The van der Waals surface area contributed by atoms with E-state index < -0.39 is 11.2 Å². The molecule has 2 aromatic carbocycles. The monoisotopic (exact) mass is 420 g/mol. The summed E-state index contributed by atoms with van der Waals surface area (Å²) < 4.78 is 16.4. The summed E-state index contributed by atoms with van der Waals surface area (Å²) in [5.74, 6) is 4.36. The Morgan fingerprint density at radius 1 is 0.968 bits per heavy atom. The summed E-state index contributed by atoms with van der Waals surface area (Å²) in [4.78, 5) is 12.8. The second-order valence-electron chi connectivity index (χ2n) is 9.11. The van der Waals surface area contributed by atoms with Gasteiger partial charge in [-0.15, -0.1) is 0 Å². The lowest BCUT2D eigenvalue weighted by molar-refractivity contribution is 0.228. The van der Waals surface area contributed by atoms with Gasteiger partial charge in [0.1, 0.15) is 5.58 Å². The van der Waals surface area contributed by atoms with Gasteiger partial charge in [-0.1, -0.05) is 6.07 Å². The normalized spacial score (nSPS) is 27.6. The molecule has 0 saturated heterocycles. The van der Waals surface area contributed by atoms with Crippen LogP contribution >= 0.6 is 0 Å². The molecule has 0 amide bonds. The highest BCUT2D eigenvalue weighted by Crippen LogP contribution is 2.80. The van der Waals surface area contributed by atoms with Gasteiger partial charge >= 0.3 is 0 Å². The van der Waals surface area contributed by atoms with Gasteiger partial charge in [-0.3, -0.25) is 4.79 Å². The number of hydrogen-bond donors (Lipinski definition) is 2. The van der Waals surface area contributed by atoms with E-state index in [1.165, 1.54) is 39.2 Å². The molecule has 2 bridgehead atoms. The molecule has 0 aliphatic heterocycles. The Balaban J connectivity index is 1.41. The number of phenols is 1. The molecule has 3 atom stereocenters. The van der Waals surface area contributed by atoms with Crippen LogP contribution in [0.25, 0.3) is 22.3 Å². The zero-order valence-electron chi connectivity index (χ0n) is 17.4. The Bertz CT molecular complexity index is 1240. The largest absolute Gasteiger partial charge is 0.502 e. The zero-order chi connectivity index (χ0) is 21.4. The summed E-state index contributed by atoms with van der Waals surface area (Å²) in [6.07, 6.45) is 3.65. The molecule has 1 aromatic heterocycles. The Morgan fingerprint density at radius 3 is 2.32 bits per heavy atom. The highest BCUT2D eigenvalue weighted by Gasteiger charge is 2.76. The minimum atomic E-state index is -0.488. The number of benzene rings is 2. The molecule has 4 aliphatic carbocycles. The maximum Gasteiger partial charge on any atom is 0.235 e. The molecule has 160 valence electrons. The van der Waals surface area contributed by atoms with Gasteiger partial charge in [0.15, 0.2) is 17.3 Å². The molecule has 0 radical (unpaired) electrons. The van der Waals surface area contributed by atoms with Crippen molar-refractivity contribution in [3.63, 3.8) is 0 Å². The fourth-order valence-corrected chi connectivity index (χ4v) is 5.97. The first-order chi connectivity index (χ1) is 15.0. The second kappa shape index (κ2) is 6.42. The topological polar surface area (TPSA) is 89.1 Å². The first kappa shape index (κ1) is 18.6. The highest BCUT2D eigenvalue weighted by atomic mass is 16.5. The van der Waals surface area contributed by atoms with Crippen LogP contribution in [-0.2, 0) is 6.42 Å². The molecule has 6 nitrogen and oxygen atoms in total. The third-order valence-electron chi connectivity index (χ3n) is 7.63. The third-order valence-corrected chi connectivity index (χ3v) is 7.63. The van der Waals surface area contributed by atoms with Gasteiger partial charge in [0.25, 0.3) is 0 Å². The van der Waals surface area contributed by atoms with E-state index in [2.05, 4.69) is 0 Å². The van der Waals surface area contributed by atoms with Crippen molar-refractivity contribution in [3.8, 4) is 34.3 Å². The van der Waals surface area contributed by atoms with Crippen LogP contribution in [0.5, 0.6) is 23.0 Å². The predicted molar refractivity (Wildman–Crippen MR) is 115 cm³/mol. The lowest BCUT2D eigenvalue weighted by Crippen LogP contribution is -2.22. The van der Waals surface area contributed by atoms with E-state index in [0.717, 1.165) is 41.6 Å². The van der Waals surface area contributed by atoms with Crippen LogP contribution in [0.15, 0.2) is 39.5 Å². The number of aromatic hydroxyl groups is 2. The Labute approximate surface area is 179 Å². The third kappa shape index (κ3) is 2.67. The lowest BCUT2D eigenvalue weighted by atomic mass is 9.76. The van der Waals surface area contributed by atoms with Crippen LogP contribution in [0, 0.1) is 29.6 Å². The molecule has 0 spiro atoms. The highest BCUT2D eigenvalue weighted by molar-refractivity contribution is 5.83. The van der Waals surface area contributed by atoms with Gasteiger partial charge in [0, 0.05) is 5.56 Å². The Hall–Kier alpha value is -3.15. The van der Waals surface area contributed by atoms with Crippen LogP contribution < -0.4 is 14.9 Å². The number of methoxy groups -OCH3 is 2. The first-order valence-electron chi connectivity index (χ1n) is 10.8. The van der Waals surface area contributed by atoms with Crippen LogP contribution in [0.3, 0.4) is 0 Å². The summed E-state index contributed by atoms with van der Waals surface area (Å²) in [7, 11) is 2.83. The Morgan fingerprint density at radius 2 is 1.68 bits per heavy atom. The van der Waals surface area contributed by atoms with Crippen molar-refractivity contribution in [2.75, 3.05) is 14.2 Å². The van der Waals surface area contributed by atoms with Crippen molar-refractivity contribution in [1.82, 2.24) is 0 Å². The fourth-order valence-electron chi connectivity index (χ4n) is 5.97. The average Bonchev–Trinajstić information content (AvgIpc) is 3.69. The van der Waals surface area contributed by atoms with E-state index in [0.29, 0.717) is 16.5 Å². The molecule has 2 N–H and O–H groups in total. The molecule has 31 heavy (non-hydrogen) atoms.